The van der Waals surface area contributed by atoms with Crippen molar-refractivity contribution in [3.05, 3.63) is 60.4 Å². The number of amides is 1. The van der Waals surface area contributed by atoms with Crippen LogP contribution in [0.25, 0.3) is 0 Å². The Kier molecular flexibility index (Phi) is 7.37. The Hall–Kier alpha value is -3.31. The van der Waals surface area contributed by atoms with E-state index in [-0.39, 0.29) is 28.1 Å². The lowest BCUT2D eigenvalue weighted by molar-refractivity contribution is 0.102. The second-order valence-corrected chi connectivity index (χ2v) is 11.0. The molecule has 0 aliphatic heterocycles. The van der Waals surface area contributed by atoms with Gasteiger partial charge in [-0.2, -0.15) is 0 Å². The number of benzene rings is 2. The molecule has 34 heavy (non-hydrogen) atoms. The minimum Gasteiger partial charge on any atom is -0.491 e. The van der Waals surface area contributed by atoms with Gasteiger partial charge in [0.2, 0.25) is 0 Å². The SMILES string of the molecule is CC(C)Oc1cc(Oc2ccc(S(C)(=O)=O)cc2)cc(C(=O)Nc2cnc(P(=O)(O)O)cn2)c1. The van der Waals surface area contributed by atoms with Crippen LogP contribution in [0.4, 0.5) is 5.82 Å². The average Bonchev–Trinajstić information content (AvgIpc) is 2.72. The molecule has 0 spiro atoms. The van der Waals surface area contributed by atoms with Gasteiger partial charge in [0, 0.05) is 17.9 Å². The van der Waals surface area contributed by atoms with Gasteiger partial charge in [0.1, 0.15) is 17.2 Å². The summed E-state index contributed by atoms with van der Waals surface area (Å²) in [5.74, 6) is 0.354. The number of nitrogens with one attached hydrogen (secondary N) is 1. The Labute approximate surface area is 195 Å². The van der Waals surface area contributed by atoms with Gasteiger partial charge < -0.3 is 24.6 Å². The van der Waals surface area contributed by atoms with Crippen molar-refractivity contribution in [3.63, 3.8) is 0 Å². The van der Waals surface area contributed by atoms with Crippen molar-refractivity contribution in [2.45, 2.75) is 24.8 Å². The number of hydrogen-bond acceptors (Lipinski definition) is 8. The molecule has 0 aliphatic carbocycles. The van der Waals surface area contributed by atoms with E-state index in [4.69, 9.17) is 19.3 Å². The molecule has 0 saturated carbocycles. The van der Waals surface area contributed by atoms with Crippen LogP contribution >= 0.6 is 7.60 Å². The van der Waals surface area contributed by atoms with E-state index in [0.29, 0.717) is 11.5 Å². The molecule has 0 atom stereocenters. The summed E-state index contributed by atoms with van der Waals surface area (Å²) in [6.07, 6.45) is 2.82. The maximum atomic E-state index is 12.8. The number of ether oxygens (including phenoxy) is 2. The molecule has 1 aromatic heterocycles. The summed E-state index contributed by atoms with van der Waals surface area (Å²) in [4.78, 5) is 38.6. The quantitative estimate of drug-likeness (QED) is 0.386. The normalized spacial score (nSPS) is 11.8. The molecule has 0 unspecified atom stereocenters. The van der Waals surface area contributed by atoms with Crippen molar-refractivity contribution < 1.29 is 37.0 Å². The second-order valence-electron chi connectivity index (χ2n) is 7.46. The Morgan fingerprint density at radius 2 is 1.65 bits per heavy atom. The fourth-order valence-electron chi connectivity index (χ4n) is 2.72. The van der Waals surface area contributed by atoms with Crippen LogP contribution in [0.3, 0.4) is 0 Å². The van der Waals surface area contributed by atoms with E-state index in [9.17, 15) is 17.8 Å². The third-order valence-corrected chi connectivity index (χ3v) is 6.14. The predicted molar refractivity (Wildman–Crippen MR) is 123 cm³/mol. The molecule has 3 N–H and O–H groups in total. The fraction of sp³-hybridized carbons (Fsp3) is 0.190. The summed E-state index contributed by atoms with van der Waals surface area (Å²) in [5, 5.41) is 2.49. The van der Waals surface area contributed by atoms with Crippen molar-refractivity contribution >= 4 is 34.6 Å². The van der Waals surface area contributed by atoms with Gasteiger partial charge in [-0.1, -0.05) is 0 Å². The molecule has 1 heterocycles. The molecule has 2 aromatic carbocycles. The number of nitrogens with zero attached hydrogens (tertiary/aromatic N) is 2. The van der Waals surface area contributed by atoms with E-state index in [0.717, 1.165) is 18.6 Å². The van der Waals surface area contributed by atoms with Gasteiger partial charge in [-0.05, 0) is 50.2 Å². The zero-order valence-corrected chi connectivity index (χ0v) is 20.1. The van der Waals surface area contributed by atoms with E-state index in [2.05, 4.69) is 15.3 Å². The predicted octanol–water partition coefficient (Wildman–Crippen LogP) is 2.51. The molecule has 3 rings (SSSR count). The van der Waals surface area contributed by atoms with Crippen LogP contribution in [0.2, 0.25) is 0 Å². The van der Waals surface area contributed by atoms with Gasteiger partial charge in [0.05, 0.1) is 23.4 Å². The van der Waals surface area contributed by atoms with Gasteiger partial charge in [0.25, 0.3) is 5.91 Å². The Morgan fingerprint density at radius 1 is 1.00 bits per heavy atom. The first-order valence-corrected chi connectivity index (χ1v) is 13.3. The highest BCUT2D eigenvalue weighted by Gasteiger charge is 2.20. The molecule has 180 valence electrons. The molecule has 1 amide bonds. The average molecular weight is 507 g/mol. The smallest absolute Gasteiger partial charge is 0.376 e. The minimum atomic E-state index is -4.56. The highest BCUT2D eigenvalue weighted by molar-refractivity contribution is 7.90. The van der Waals surface area contributed by atoms with Crippen LogP contribution < -0.4 is 20.2 Å². The number of rotatable bonds is 8. The first kappa shape index (κ1) is 25.3. The third-order valence-electron chi connectivity index (χ3n) is 4.18. The van der Waals surface area contributed by atoms with Gasteiger partial charge in [-0.15, -0.1) is 0 Å². The maximum absolute atomic E-state index is 12.8. The van der Waals surface area contributed by atoms with Crippen LogP contribution in [0.5, 0.6) is 17.2 Å². The molecule has 0 bridgehead atoms. The zero-order valence-electron chi connectivity index (χ0n) is 18.4. The molecule has 0 aliphatic rings. The van der Waals surface area contributed by atoms with E-state index in [1.165, 1.54) is 36.4 Å². The Bertz CT molecular complexity index is 1340. The number of aromatic nitrogens is 2. The van der Waals surface area contributed by atoms with Crippen molar-refractivity contribution in [2.75, 3.05) is 11.6 Å². The summed E-state index contributed by atoms with van der Waals surface area (Å²) < 4.78 is 46.0. The Balaban J connectivity index is 1.86. The molecule has 0 fully saturated rings. The Morgan fingerprint density at radius 3 is 2.18 bits per heavy atom. The number of anilines is 1. The summed E-state index contributed by atoms with van der Waals surface area (Å²) in [7, 11) is -7.91. The molecular formula is C21H22N3O8PS. The van der Waals surface area contributed by atoms with Gasteiger partial charge >= 0.3 is 7.60 Å². The minimum absolute atomic E-state index is 0.0174. The lowest BCUT2D eigenvalue weighted by Gasteiger charge is -2.14. The maximum Gasteiger partial charge on any atom is 0.376 e. The van der Waals surface area contributed by atoms with Crippen LogP contribution in [0.15, 0.2) is 59.8 Å². The van der Waals surface area contributed by atoms with Gasteiger partial charge in [0.15, 0.2) is 21.1 Å². The zero-order chi connectivity index (χ0) is 25.1. The van der Waals surface area contributed by atoms with Crippen LogP contribution in [0.1, 0.15) is 24.2 Å². The van der Waals surface area contributed by atoms with Gasteiger partial charge in [-0.25, -0.2) is 18.4 Å². The van der Waals surface area contributed by atoms with Crippen LogP contribution in [0, 0.1) is 0 Å². The van der Waals surface area contributed by atoms with Crippen LogP contribution in [-0.2, 0) is 14.4 Å². The molecule has 13 heteroatoms. The monoisotopic (exact) mass is 507 g/mol. The van der Waals surface area contributed by atoms with Crippen molar-refractivity contribution in [3.8, 4) is 17.2 Å². The summed E-state index contributed by atoms with van der Waals surface area (Å²) in [6, 6.07) is 10.3. The highest BCUT2D eigenvalue weighted by Crippen LogP contribution is 2.32. The van der Waals surface area contributed by atoms with E-state index < -0.39 is 28.8 Å². The number of sulfone groups is 1. The highest BCUT2D eigenvalue weighted by atomic mass is 32.2. The largest absolute Gasteiger partial charge is 0.491 e. The molecule has 3 aromatic rings. The van der Waals surface area contributed by atoms with E-state index >= 15 is 0 Å². The molecule has 0 radical (unpaired) electrons. The van der Waals surface area contributed by atoms with Crippen LogP contribution in [-0.4, -0.2) is 46.4 Å². The summed E-state index contributed by atoms with van der Waals surface area (Å²) >= 11 is 0. The van der Waals surface area contributed by atoms with Crippen molar-refractivity contribution in [2.24, 2.45) is 0 Å². The van der Waals surface area contributed by atoms with E-state index in [1.54, 1.807) is 6.07 Å². The third kappa shape index (κ3) is 6.84. The standard InChI is InChI=1S/C21H22N3O8PS/c1-13(2)31-16-8-14(21(25)24-19-11-23-20(12-22-19)33(26,27)28)9-17(10-16)32-15-4-6-18(7-5-15)34(3,29)30/h4-13H,1-3H3,(H,22,24,25)(H2,26,27,28). The fourth-order valence-corrected chi connectivity index (χ4v) is 3.76. The number of hydrogen-bond donors (Lipinski definition) is 3. The summed E-state index contributed by atoms with van der Waals surface area (Å²) in [6.45, 7) is 3.63. The second kappa shape index (κ2) is 9.90. The van der Waals surface area contributed by atoms with Crippen molar-refractivity contribution in [1.82, 2.24) is 9.97 Å². The molecule has 0 saturated heterocycles. The number of carbonyl (C=O) groups excluding carboxylic acids is 1. The van der Waals surface area contributed by atoms with Crippen molar-refractivity contribution in [1.29, 1.82) is 0 Å². The molecule has 11 nitrogen and oxygen atoms in total. The first-order valence-electron chi connectivity index (χ1n) is 9.80. The number of carbonyl (C=O) groups is 1. The van der Waals surface area contributed by atoms with E-state index in [1.807, 2.05) is 13.8 Å². The lowest BCUT2D eigenvalue weighted by atomic mass is 10.2. The topological polar surface area (TPSA) is 165 Å². The molecular weight excluding hydrogens is 485 g/mol. The summed E-state index contributed by atoms with van der Waals surface area (Å²) in [5.41, 5.74) is -0.364. The lowest BCUT2D eigenvalue weighted by Crippen LogP contribution is -2.16. The first-order chi connectivity index (χ1) is 15.8. The van der Waals surface area contributed by atoms with Gasteiger partial charge in [-0.3, -0.25) is 9.36 Å².